The van der Waals surface area contributed by atoms with Crippen molar-refractivity contribution in [1.82, 2.24) is 5.01 Å². The van der Waals surface area contributed by atoms with Gasteiger partial charge in [-0.05, 0) is 20.8 Å². The standard InChI is InChI=1S/C10H16N2O2/c1-7-5-9(2,12(4)11-7)8(13)10(3)6-14-10/h5-6H2,1-4H3. The summed E-state index contributed by atoms with van der Waals surface area (Å²) in [5, 5.41) is 6.04. The number of likely N-dealkylation sites (N-methyl/N-ethyl adjacent to an activating group) is 1. The lowest BCUT2D eigenvalue weighted by atomic mass is 9.85. The highest BCUT2D eigenvalue weighted by Gasteiger charge is 2.57. The van der Waals surface area contributed by atoms with Gasteiger partial charge in [-0.2, -0.15) is 5.10 Å². The second kappa shape index (κ2) is 2.57. The lowest BCUT2D eigenvalue weighted by molar-refractivity contribution is -0.133. The molecule has 78 valence electrons. The van der Waals surface area contributed by atoms with Crippen molar-refractivity contribution in [2.45, 2.75) is 38.3 Å². The van der Waals surface area contributed by atoms with Crippen LogP contribution in [0.2, 0.25) is 0 Å². The quantitative estimate of drug-likeness (QED) is 0.614. The van der Waals surface area contributed by atoms with E-state index in [1.54, 1.807) is 5.01 Å². The van der Waals surface area contributed by atoms with Crippen LogP contribution in [0, 0.1) is 0 Å². The molecule has 1 fully saturated rings. The highest BCUT2D eigenvalue weighted by atomic mass is 16.6. The Morgan fingerprint density at radius 2 is 2.14 bits per heavy atom. The molecule has 2 aliphatic heterocycles. The Morgan fingerprint density at radius 1 is 1.57 bits per heavy atom. The van der Waals surface area contributed by atoms with Crippen LogP contribution in [0.15, 0.2) is 5.10 Å². The summed E-state index contributed by atoms with van der Waals surface area (Å²) < 4.78 is 5.19. The van der Waals surface area contributed by atoms with Gasteiger partial charge in [-0.1, -0.05) is 0 Å². The van der Waals surface area contributed by atoms with Crippen LogP contribution in [0.25, 0.3) is 0 Å². The largest absolute Gasteiger partial charge is 0.361 e. The number of carbonyl (C=O) groups excluding carboxylic acids is 1. The number of hydrazone groups is 1. The number of hydrogen-bond acceptors (Lipinski definition) is 4. The van der Waals surface area contributed by atoms with E-state index >= 15 is 0 Å². The number of epoxide rings is 1. The molecule has 0 aromatic rings. The van der Waals surface area contributed by atoms with Crippen molar-refractivity contribution < 1.29 is 9.53 Å². The Bertz CT molecular complexity index is 320. The molecule has 4 heteroatoms. The molecule has 14 heavy (non-hydrogen) atoms. The van der Waals surface area contributed by atoms with E-state index in [4.69, 9.17) is 4.74 Å². The summed E-state index contributed by atoms with van der Waals surface area (Å²) in [6.07, 6.45) is 0.710. The van der Waals surface area contributed by atoms with Crippen molar-refractivity contribution in [3.05, 3.63) is 0 Å². The lowest BCUT2D eigenvalue weighted by Gasteiger charge is -2.31. The molecule has 4 nitrogen and oxygen atoms in total. The van der Waals surface area contributed by atoms with E-state index in [1.807, 2.05) is 27.8 Å². The van der Waals surface area contributed by atoms with E-state index in [-0.39, 0.29) is 5.78 Å². The Morgan fingerprint density at radius 3 is 2.50 bits per heavy atom. The van der Waals surface area contributed by atoms with E-state index in [1.165, 1.54) is 0 Å². The van der Waals surface area contributed by atoms with E-state index < -0.39 is 11.1 Å². The topological polar surface area (TPSA) is 45.2 Å². The summed E-state index contributed by atoms with van der Waals surface area (Å²) in [5.41, 5.74) is -0.0500. The molecule has 0 aromatic carbocycles. The maximum Gasteiger partial charge on any atom is 0.193 e. The van der Waals surface area contributed by atoms with Crippen LogP contribution in [0.3, 0.4) is 0 Å². The van der Waals surface area contributed by atoms with Gasteiger partial charge >= 0.3 is 0 Å². The number of carbonyl (C=O) groups is 1. The number of ether oxygens (including phenoxy) is 1. The van der Waals surface area contributed by atoms with Gasteiger partial charge in [-0.3, -0.25) is 9.80 Å². The molecule has 0 radical (unpaired) electrons. The predicted molar refractivity (Wildman–Crippen MR) is 53.3 cm³/mol. The maximum absolute atomic E-state index is 12.2. The summed E-state index contributed by atoms with van der Waals surface area (Å²) in [6.45, 7) is 6.28. The molecule has 0 spiro atoms. The van der Waals surface area contributed by atoms with E-state index in [2.05, 4.69) is 5.10 Å². The number of Topliss-reactive ketones (excluding diaryl/α,β-unsaturated/α-hetero) is 1. The first-order chi connectivity index (χ1) is 6.38. The molecular weight excluding hydrogens is 180 g/mol. The van der Waals surface area contributed by atoms with Gasteiger partial charge in [0.2, 0.25) is 0 Å². The van der Waals surface area contributed by atoms with Crippen molar-refractivity contribution in [3.8, 4) is 0 Å². The molecule has 2 aliphatic rings. The van der Waals surface area contributed by atoms with E-state index in [0.29, 0.717) is 13.0 Å². The first kappa shape index (κ1) is 9.65. The second-order valence-electron chi connectivity index (χ2n) is 4.66. The first-order valence-corrected chi connectivity index (χ1v) is 4.85. The van der Waals surface area contributed by atoms with Crippen molar-refractivity contribution in [2.24, 2.45) is 5.10 Å². The number of nitrogens with zero attached hydrogens (tertiary/aromatic N) is 2. The Balaban J connectivity index is 2.22. The van der Waals surface area contributed by atoms with Gasteiger partial charge in [0.25, 0.3) is 0 Å². The monoisotopic (exact) mass is 196 g/mol. The lowest BCUT2D eigenvalue weighted by Crippen LogP contribution is -2.50. The molecule has 1 saturated heterocycles. The minimum absolute atomic E-state index is 0.146. The van der Waals surface area contributed by atoms with Crippen LogP contribution in [-0.2, 0) is 9.53 Å². The molecule has 0 aromatic heterocycles. The molecular formula is C10H16N2O2. The number of rotatable bonds is 2. The fraction of sp³-hybridized carbons (Fsp3) is 0.800. The SMILES string of the molecule is CC1=NN(C)C(C)(C(=O)C2(C)CO2)C1. The smallest absolute Gasteiger partial charge is 0.193 e. The van der Waals surface area contributed by atoms with Crippen LogP contribution in [0.4, 0.5) is 0 Å². The van der Waals surface area contributed by atoms with Crippen molar-refractivity contribution in [1.29, 1.82) is 0 Å². The van der Waals surface area contributed by atoms with Gasteiger partial charge in [0.15, 0.2) is 5.78 Å². The summed E-state index contributed by atoms with van der Waals surface area (Å²) >= 11 is 0. The van der Waals surface area contributed by atoms with Crippen LogP contribution in [-0.4, -0.2) is 41.3 Å². The van der Waals surface area contributed by atoms with Gasteiger partial charge in [-0.15, -0.1) is 0 Å². The van der Waals surface area contributed by atoms with Gasteiger partial charge in [-0.25, -0.2) is 0 Å². The third-order valence-electron chi connectivity index (χ3n) is 3.18. The molecule has 0 N–H and O–H groups in total. The number of hydrogen-bond donors (Lipinski definition) is 0. The van der Waals surface area contributed by atoms with Gasteiger partial charge in [0.05, 0.1) is 6.61 Å². The Kier molecular flexibility index (Phi) is 1.77. The summed E-state index contributed by atoms with van der Waals surface area (Å²) in [4.78, 5) is 12.2. The third kappa shape index (κ3) is 1.17. The van der Waals surface area contributed by atoms with Crippen LogP contribution in [0.1, 0.15) is 27.2 Å². The summed E-state index contributed by atoms with van der Waals surface area (Å²) in [5.74, 6) is 0.146. The molecule has 0 saturated carbocycles. The highest BCUT2D eigenvalue weighted by Crippen LogP contribution is 2.37. The molecule has 0 bridgehead atoms. The van der Waals surface area contributed by atoms with Gasteiger partial charge < -0.3 is 4.74 Å². The summed E-state index contributed by atoms with van der Waals surface area (Å²) in [6, 6.07) is 0. The van der Waals surface area contributed by atoms with Crippen LogP contribution >= 0.6 is 0 Å². The first-order valence-electron chi connectivity index (χ1n) is 4.85. The zero-order valence-corrected chi connectivity index (χ0v) is 9.13. The molecule has 2 unspecified atom stereocenters. The zero-order chi connectivity index (χ0) is 10.6. The fourth-order valence-electron chi connectivity index (χ4n) is 2.05. The predicted octanol–water partition coefficient (Wildman–Crippen LogP) is 0.814. The average molecular weight is 196 g/mol. The Labute approximate surface area is 83.9 Å². The molecule has 0 amide bonds. The van der Waals surface area contributed by atoms with Crippen molar-refractivity contribution in [3.63, 3.8) is 0 Å². The Hall–Kier alpha value is -0.900. The maximum atomic E-state index is 12.2. The second-order valence-corrected chi connectivity index (χ2v) is 4.66. The van der Waals surface area contributed by atoms with Crippen molar-refractivity contribution in [2.75, 3.05) is 13.7 Å². The van der Waals surface area contributed by atoms with Crippen LogP contribution < -0.4 is 0 Å². The average Bonchev–Trinajstić information content (AvgIpc) is 2.76. The molecule has 2 atom stereocenters. The minimum atomic E-state index is -0.552. The zero-order valence-electron chi connectivity index (χ0n) is 9.13. The molecule has 2 rings (SSSR count). The third-order valence-corrected chi connectivity index (χ3v) is 3.18. The summed E-state index contributed by atoms with van der Waals surface area (Å²) in [7, 11) is 1.85. The molecule has 2 heterocycles. The molecule has 0 aliphatic carbocycles. The van der Waals surface area contributed by atoms with E-state index in [9.17, 15) is 4.79 Å². The van der Waals surface area contributed by atoms with Crippen LogP contribution in [0.5, 0.6) is 0 Å². The van der Waals surface area contributed by atoms with Gasteiger partial charge in [0, 0.05) is 19.2 Å². The minimum Gasteiger partial charge on any atom is -0.361 e. The normalized spacial score (nSPS) is 41.1. The highest BCUT2D eigenvalue weighted by molar-refractivity contribution is 6.02. The van der Waals surface area contributed by atoms with Crippen molar-refractivity contribution >= 4 is 11.5 Å². The van der Waals surface area contributed by atoms with E-state index in [0.717, 1.165) is 5.71 Å². The van der Waals surface area contributed by atoms with Gasteiger partial charge in [0.1, 0.15) is 11.1 Å². The fourth-order valence-corrected chi connectivity index (χ4v) is 2.05. The number of ketones is 1.